The van der Waals surface area contributed by atoms with Crippen LogP contribution in [-0.4, -0.2) is 45.8 Å². The molecule has 1 fully saturated rings. The van der Waals surface area contributed by atoms with Gasteiger partial charge in [0.15, 0.2) is 0 Å². The molecule has 0 aliphatic carbocycles. The van der Waals surface area contributed by atoms with Gasteiger partial charge in [0.1, 0.15) is 0 Å². The van der Waals surface area contributed by atoms with Crippen molar-refractivity contribution in [3.8, 4) is 0 Å². The second-order valence-corrected chi connectivity index (χ2v) is 6.37. The number of imidazole rings is 1. The normalized spacial score (nSPS) is 20.8. The largest absolute Gasteiger partial charge is 0.372 e. The van der Waals surface area contributed by atoms with E-state index in [-0.39, 0.29) is 18.2 Å². The van der Waals surface area contributed by atoms with E-state index in [4.69, 9.17) is 4.74 Å². The molecule has 1 saturated heterocycles. The number of nitrogens with one attached hydrogen (secondary N) is 1. The summed E-state index contributed by atoms with van der Waals surface area (Å²) in [6.07, 6.45) is 5.69. The van der Waals surface area contributed by atoms with Crippen molar-refractivity contribution in [2.45, 2.75) is 39.1 Å². The van der Waals surface area contributed by atoms with Gasteiger partial charge in [-0.05, 0) is 25.0 Å². The van der Waals surface area contributed by atoms with Crippen molar-refractivity contribution in [2.75, 3.05) is 13.1 Å². The number of hydrogen-bond acceptors (Lipinski definition) is 3. The van der Waals surface area contributed by atoms with E-state index in [1.54, 1.807) is 12.5 Å². The van der Waals surface area contributed by atoms with Crippen LogP contribution in [0.1, 0.15) is 25.0 Å². The van der Waals surface area contributed by atoms with Gasteiger partial charge < -0.3 is 19.5 Å². The van der Waals surface area contributed by atoms with Crippen LogP contribution in [0.15, 0.2) is 43.0 Å². The van der Waals surface area contributed by atoms with Crippen LogP contribution in [0.25, 0.3) is 0 Å². The topological polar surface area (TPSA) is 59.4 Å². The zero-order chi connectivity index (χ0) is 16.9. The number of carbonyl (C=O) groups excluding carboxylic acids is 1. The average Bonchev–Trinajstić information content (AvgIpc) is 3.06. The monoisotopic (exact) mass is 328 g/mol. The number of amides is 2. The highest BCUT2D eigenvalue weighted by atomic mass is 16.5. The van der Waals surface area contributed by atoms with Crippen molar-refractivity contribution in [1.29, 1.82) is 0 Å². The molecule has 0 bridgehead atoms. The molecule has 1 aromatic heterocycles. The number of hydrogen-bond donors (Lipinski definition) is 1. The number of rotatable bonds is 4. The third-order valence-electron chi connectivity index (χ3n) is 4.10. The first-order valence-corrected chi connectivity index (χ1v) is 8.32. The highest BCUT2D eigenvalue weighted by molar-refractivity contribution is 5.74. The third kappa shape index (κ3) is 4.35. The number of carbonyl (C=O) groups is 1. The van der Waals surface area contributed by atoms with Gasteiger partial charge in [-0.25, -0.2) is 9.78 Å². The van der Waals surface area contributed by atoms with Crippen molar-refractivity contribution in [2.24, 2.45) is 0 Å². The van der Waals surface area contributed by atoms with Crippen molar-refractivity contribution >= 4 is 6.03 Å². The predicted molar refractivity (Wildman–Crippen MR) is 91.6 cm³/mol. The van der Waals surface area contributed by atoms with Crippen LogP contribution in [0, 0.1) is 0 Å². The third-order valence-corrected chi connectivity index (χ3v) is 4.10. The van der Waals surface area contributed by atoms with Gasteiger partial charge in [0, 0.05) is 38.6 Å². The second kappa shape index (κ2) is 7.49. The first-order chi connectivity index (χ1) is 11.6. The van der Waals surface area contributed by atoms with E-state index in [1.807, 2.05) is 29.5 Å². The Kier molecular flexibility index (Phi) is 5.15. The molecule has 0 spiro atoms. The molecular weight excluding hydrogens is 304 g/mol. The van der Waals surface area contributed by atoms with Crippen LogP contribution in [-0.2, 0) is 17.8 Å². The Balaban J connectivity index is 1.50. The van der Waals surface area contributed by atoms with Gasteiger partial charge in [0.05, 0.1) is 18.5 Å². The van der Waals surface area contributed by atoms with Gasteiger partial charge >= 0.3 is 6.03 Å². The average molecular weight is 328 g/mol. The molecule has 1 aromatic carbocycles. The van der Waals surface area contributed by atoms with Gasteiger partial charge in [-0.15, -0.1) is 0 Å². The van der Waals surface area contributed by atoms with Crippen LogP contribution in [0.3, 0.4) is 0 Å². The molecule has 0 saturated carbocycles. The van der Waals surface area contributed by atoms with Crippen molar-refractivity contribution < 1.29 is 9.53 Å². The number of urea groups is 1. The molecule has 2 atom stereocenters. The van der Waals surface area contributed by atoms with E-state index in [0.717, 1.165) is 12.1 Å². The zero-order valence-corrected chi connectivity index (χ0v) is 14.2. The molecular formula is C18H24N4O2. The molecule has 0 radical (unpaired) electrons. The molecule has 1 aliphatic heterocycles. The van der Waals surface area contributed by atoms with E-state index < -0.39 is 0 Å². The SMILES string of the molecule is CC1CN(C(=O)NCc2ccc(Cn3ccnc3)cc2)CC(C)O1. The zero-order valence-electron chi connectivity index (χ0n) is 14.2. The molecule has 2 unspecified atom stereocenters. The Morgan fingerprint density at radius 3 is 2.50 bits per heavy atom. The Hall–Kier alpha value is -2.34. The summed E-state index contributed by atoms with van der Waals surface area (Å²) in [6.45, 7) is 6.60. The smallest absolute Gasteiger partial charge is 0.317 e. The van der Waals surface area contributed by atoms with E-state index in [1.165, 1.54) is 5.56 Å². The number of ether oxygens (including phenoxy) is 1. The van der Waals surface area contributed by atoms with Gasteiger partial charge in [-0.1, -0.05) is 24.3 Å². The van der Waals surface area contributed by atoms with Crippen LogP contribution in [0.2, 0.25) is 0 Å². The van der Waals surface area contributed by atoms with Crippen LogP contribution in [0.5, 0.6) is 0 Å². The summed E-state index contributed by atoms with van der Waals surface area (Å²) in [4.78, 5) is 18.2. The lowest BCUT2D eigenvalue weighted by Crippen LogP contribution is -2.51. The molecule has 2 aromatic rings. The van der Waals surface area contributed by atoms with E-state index in [2.05, 4.69) is 34.6 Å². The van der Waals surface area contributed by atoms with Crippen molar-refractivity contribution in [3.05, 3.63) is 54.1 Å². The molecule has 24 heavy (non-hydrogen) atoms. The summed E-state index contributed by atoms with van der Waals surface area (Å²) >= 11 is 0. The molecule has 128 valence electrons. The van der Waals surface area contributed by atoms with Gasteiger partial charge in [-0.2, -0.15) is 0 Å². The van der Waals surface area contributed by atoms with Crippen molar-refractivity contribution in [3.63, 3.8) is 0 Å². The Morgan fingerprint density at radius 1 is 1.21 bits per heavy atom. The summed E-state index contributed by atoms with van der Waals surface area (Å²) in [5, 5.41) is 2.99. The van der Waals surface area contributed by atoms with Gasteiger partial charge in [0.25, 0.3) is 0 Å². The maximum Gasteiger partial charge on any atom is 0.317 e. The fraction of sp³-hybridized carbons (Fsp3) is 0.444. The maximum absolute atomic E-state index is 12.3. The van der Waals surface area contributed by atoms with Gasteiger partial charge in [0.2, 0.25) is 0 Å². The minimum atomic E-state index is -0.0282. The first-order valence-electron chi connectivity index (χ1n) is 8.32. The van der Waals surface area contributed by atoms with Crippen LogP contribution in [0.4, 0.5) is 4.79 Å². The standard InChI is InChI=1S/C18H24N4O2/c1-14-10-22(11-15(2)24-14)18(23)20-9-16-3-5-17(6-4-16)12-21-8-7-19-13-21/h3-8,13-15H,9-12H2,1-2H3,(H,20,23). The van der Waals surface area contributed by atoms with E-state index >= 15 is 0 Å². The summed E-state index contributed by atoms with van der Waals surface area (Å²) in [5.74, 6) is 0. The fourth-order valence-electron chi connectivity index (χ4n) is 2.99. The summed E-state index contributed by atoms with van der Waals surface area (Å²) in [5.41, 5.74) is 2.30. The lowest BCUT2D eigenvalue weighted by molar-refractivity contribution is -0.0545. The molecule has 2 heterocycles. The lowest BCUT2D eigenvalue weighted by atomic mass is 10.1. The molecule has 6 nitrogen and oxygen atoms in total. The summed E-state index contributed by atoms with van der Waals surface area (Å²) < 4.78 is 7.68. The Bertz CT molecular complexity index is 644. The van der Waals surface area contributed by atoms with E-state index in [0.29, 0.717) is 19.6 Å². The molecule has 1 aliphatic rings. The lowest BCUT2D eigenvalue weighted by Gasteiger charge is -2.35. The summed E-state index contributed by atoms with van der Waals surface area (Å²) in [6, 6.07) is 8.24. The first kappa shape index (κ1) is 16.5. The van der Waals surface area contributed by atoms with E-state index in [9.17, 15) is 4.79 Å². The maximum atomic E-state index is 12.3. The molecule has 2 amide bonds. The fourth-order valence-corrected chi connectivity index (χ4v) is 2.99. The molecule has 3 rings (SSSR count). The summed E-state index contributed by atoms with van der Waals surface area (Å²) in [7, 11) is 0. The predicted octanol–water partition coefficient (Wildman–Crippen LogP) is 2.25. The molecule has 6 heteroatoms. The quantitative estimate of drug-likeness (QED) is 0.936. The minimum Gasteiger partial charge on any atom is -0.372 e. The number of nitrogens with zero attached hydrogens (tertiary/aromatic N) is 3. The van der Waals surface area contributed by atoms with Crippen LogP contribution >= 0.6 is 0 Å². The van der Waals surface area contributed by atoms with Crippen molar-refractivity contribution in [1.82, 2.24) is 19.8 Å². The number of morpholine rings is 1. The Morgan fingerprint density at radius 2 is 1.88 bits per heavy atom. The van der Waals surface area contributed by atoms with Gasteiger partial charge in [-0.3, -0.25) is 0 Å². The minimum absolute atomic E-state index is 0.0282. The Labute approximate surface area is 142 Å². The second-order valence-electron chi connectivity index (χ2n) is 6.37. The number of benzene rings is 1. The molecule has 1 N–H and O–H groups in total. The highest BCUT2D eigenvalue weighted by Crippen LogP contribution is 2.11. The highest BCUT2D eigenvalue weighted by Gasteiger charge is 2.25. The number of aromatic nitrogens is 2. The van der Waals surface area contributed by atoms with Crippen LogP contribution < -0.4 is 5.32 Å².